The van der Waals surface area contributed by atoms with E-state index < -0.39 is 0 Å². The van der Waals surface area contributed by atoms with E-state index in [9.17, 15) is 14.7 Å². The van der Waals surface area contributed by atoms with Gasteiger partial charge < -0.3 is 15.2 Å². The van der Waals surface area contributed by atoms with E-state index in [-0.39, 0.29) is 24.4 Å². The van der Waals surface area contributed by atoms with Crippen molar-refractivity contribution in [1.82, 2.24) is 0 Å². The van der Waals surface area contributed by atoms with Crippen LogP contribution in [0.2, 0.25) is 0 Å². The number of benzene rings is 1. The lowest BCUT2D eigenvalue weighted by molar-refractivity contribution is -0.140. The number of carbonyl (C=O) groups is 2. The lowest BCUT2D eigenvalue weighted by atomic mass is 10.1. The lowest BCUT2D eigenvalue weighted by Gasteiger charge is -2.07. The Hall–Kier alpha value is -1.88. The van der Waals surface area contributed by atoms with Crippen LogP contribution >= 0.6 is 0 Å². The minimum atomic E-state index is -0.306. The summed E-state index contributed by atoms with van der Waals surface area (Å²) in [6.45, 7) is 1.77. The molecule has 5 nitrogen and oxygen atoms in total. The first-order valence-corrected chi connectivity index (χ1v) is 7.15. The number of amides is 1. The first kappa shape index (κ1) is 17.2. The maximum absolute atomic E-state index is 11.7. The molecule has 1 aromatic rings. The molecule has 0 saturated heterocycles. The summed E-state index contributed by atoms with van der Waals surface area (Å²) in [4.78, 5) is 22.6. The first-order valence-electron chi connectivity index (χ1n) is 7.15. The standard InChI is InChI=1S/C16H23NO4/c1-12(18)6-7-13-8-10-14(11-9-13)17-15(19)4-3-5-16(20)21-2/h8-12,18H,3-7H2,1-2H3,(H,17,19). The third kappa shape index (κ3) is 7.46. The van der Waals surface area contributed by atoms with E-state index in [1.54, 1.807) is 6.92 Å². The number of esters is 1. The molecule has 0 saturated carbocycles. The van der Waals surface area contributed by atoms with Gasteiger partial charge in [-0.15, -0.1) is 0 Å². The summed E-state index contributed by atoms with van der Waals surface area (Å²) in [7, 11) is 1.33. The van der Waals surface area contributed by atoms with Gasteiger partial charge in [0.2, 0.25) is 5.91 Å². The van der Waals surface area contributed by atoms with E-state index in [0.717, 1.165) is 24.1 Å². The fourth-order valence-corrected chi connectivity index (χ4v) is 1.85. The van der Waals surface area contributed by atoms with Crippen LogP contribution in [0.4, 0.5) is 5.69 Å². The van der Waals surface area contributed by atoms with E-state index >= 15 is 0 Å². The van der Waals surface area contributed by atoms with Crippen molar-refractivity contribution < 1.29 is 19.4 Å². The van der Waals surface area contributed by atoms with Crippen LogP contribution in [-0.4, -0.2) is 30.2 Å². The molecule has 2 N–H and O–H groups in total. The third-order valence-electron chi connectivity index (χ3n) is 3.10. The molecular formula is C16H23NO4. The summed E-state index contributed by atoms with van der Waals surface area (Å²) < 4.78 is 4.51. The van der Waals surface area contributed by atoms with Crippen LogP contribution in [0.1, 0.15) is 38.2 Å². The summed E-state index contributed by atoms with van der Waals surface area (Å²) in [5.74, 6) is -0.416. The minimum Gasteiger partial charge on any atom is -0.469 e. The molecule has 0 radical (unpaired) electrons. The number of aliphatic hydroxyl groups excluding tert-OH is 1. The zero-order chi connectivity index (χ0) is 15.7. The van der Waals surface area contributed by atoms with Crippen LogP contribution in [0.25, 0.3) is 0 Å². The molecule has 0 fully saturated rings. The van der Waals surface area contributed by atoms with Gasteiger partial charge in [-0.25, -0.2) is 0 Å². The number of anilines is 1. The molecule has 0 aromatic heterocycles. The number of aryl methyl sites for hydroxylation is 1. The second-order valence-corrected chi connectivity index (χ2v) is 5.06. The molecule has 1 unspecified atom stereocenters. The van der Waals surface area contributed by atoms with Gasteiger partial charge in [-0.2, -0.15) is 0 Å². The summed E-state index contributed by atoms with van der Waals surface area (Å²) in [5.41, 5.74) is 1.86. The topological polar surface area (TPSA) is 75.6 Å². The molecule has 0 heterocycles. The molecule has 0 aliphatic carbocycles. The first-order chi connectivity index (χ1) is 10.0. The third-order valence-corrected chi connectivity index (χ3v) is 3.10. The highest BCUT2D eigenvalue weighted by atomic mass is 16.5. The van der Waals surface area contributed by atoms with Crippen molar-refractivity contribution in [3.8, 4) is 0 Å². The van der Waals surface area contributed by atoms with Crippen LogP contribution in [0.15, 0.2) is 24.3 Å². The van der Waals surface area contributed by atoms with E-state index in [1.807, 2.05) is 24.3 Å². The zero-order valence-electron chi connectivity index (χ0n) is 12.6. The summed E-state index contributed by atoms with van der Waals surface area (Å²) in [6.07, 6.45) is 2.25. The van der Waals surface area contributed by atoms with Crippen LogP contribution in [-0.2, 0) is 20.7 Å². The normalized spacial score (nSPS) is 11.8. The number of nitrogens with one attached hydrogen (secondary N) is 1. The smallest absolute Gasteiger partial charge is 0.305 e. The maximum Gasteiger partial charge on any atom is 0.305 e. The lowest BCUT2D eigenvalue weighted by Crippen LogP contribution is -2.12. The highest BCUT2D eigenvalue weighted by Crippen LogP contribution is 2.12. The Balaban J connectivity index is 2.34. The number of ether oxygens (including phenoxy) is 1. The van der Waals surface area contributed by atoms with Gasteiger partial charge in [-0.3, -0.25) is 9.59 Å². The van der Waals surface area contributed by atoms with Gasteiger partial charge in [-0.05, 0) is 43.9 Å². The Morgan fingerprint density at radius 1 is 1.24 bits per heavy atom. The second kappa shape index (κ2) is 9.13. The second-order valence-electron chi connectivity index (χ2n) is 5.06. The maximum atomic E-state index is 11.7. The van der Waals surface area contributed by atoms with E-state index in [1.165, 1.54) is 7.11 Å². The fraction of sp³-hybridized carbons (Fsp3) is 0.500. The van der Waals surface area contributed by atoms with Crippen LogP contribution in [0, 0.1) is 0 Å². The molecular weight excluding hydrogens is 270 g/mol. The molecule has 0 aliphatic rings. The van der Waals surface area contributed by atoms with E-state index in [2.05, 4.69) is 10.1 Å². The molecule has 116 valence electrons. The predicted octanol–water partition coefficient (Wildman–Crippen LogP) is 2.28. The summed E-state index contributed by atoms with van der Waals surface area (Å²) >= 11 is 0. The molecule has 0 aliphatic heterocycles. The van der Waals surface area contributed by atoms with Crippen molar-refractivity contribution >= 4 is 17.6 Å². The highest BCUT2D eigenvalue weighted by molar-refractivity contribution is 5.90. The average Bonchev–Trinajstić information content (AvgIpc) is 2.46. The highest BCUT2D eigenvalue weighted by Gasteiger charge is 2.06. The Labute approximate surface area is 125 Å². The minimum absolute atomic E-state index is 0.115. The molecule has 1 aromatic carbocycles. The Bertz CT molecular complexity index is 454. The Morgan fingerprint density at radius 3 is 2.48 bits per heavy atom. The SMILES string of the molecule is COC(=O)CCCC(=O)Nc1ccc(CCC(C)O)cc1. The monoisotopic (exact) mass is 293 g/mol. The van der Waals surface area contributed by atoms with Crippen molar-refractivity contribution in [2.45, 2.75) is 45.1 Å². The van der Waals surface area contributed by atoms with Gasteiger partial charge in [0.25, 0.3) is 0 Å². The molecule has 21 heavy (non-hydrogen) atoms. The van der Waals surface area contributed by atoms with Crippen LogP contribution < -0.4 is 5.32 Å². The number of methoxy groups -OCH3 is 1. The van der Waals surface area contributed by atoms with Crippen LogP contribution in [0.5, 0.6) is 0 Å². The van der Waals surface area contributed by atoms with Crippen LogP contribution in [0.3, 0.4) is 0 Å². The van der Waals surface area contributed by atoms with E-state index in [4.69, 9.17) is 0 Å². The molecule has 5 heteroatoms. The average molecular weight is 293 g/mol. The number of hydrogen-bond donors (Lipinski definition) is 2. The molecule has 1 amide bonds. The number of carbonyl (C=O) groups excluding carboxylic acids is 2. The quantitative estimate of drug-likeness (QED) is 0.721. The summed E-state index contributed by atoms with van der Waals surface area (Å²) in [6, 6.07) is 7.56. The molecule has 0 spiro atoms. The number of rotatable bonds is 8. The van der Waals surface area contributed by atoms with Crippen molar-refractivity contribution in [2.75, 3.05) is 12.4 Å². The Morgan fingerprint density at radius 2 is 1.90 bits per heavy atom. The van der Waals surface area contributed by atoms with Gasteiger partial charge in [-0.1, -0.05) is 12.1 Å². The predicted molar refractivity (Wildman–Crippen MR) is 80.9 cm³/mol. The molecule has 0 bridgehead atoms. The van der Waals surface area contributed by atoms with Crippen molar-refractivity contribution in [3.63, 3.8) is 0 Å². The van der Waals surface area contributed by atoms with Gasteiger partial charge in [0.15, 0.2) is 0 Å². The van der Waals surface area contributed by atoms with Crippen molar-refractivity contribution in [2.24, 2.45) is 0 Å². The van der Waals surface area contributed by atoms with Gasteiger partial charge in [0, 0.05) is 18.5 Å². The van der Waals surface area contributed by atoms with E-state index in [0.29, 0.717) is 12.8 Å². The van der Waals surface area contributed by atoms with Gasteiger partial charge in [0.05, 0.1) is 13.2 Å². The number of hydrogen-bond acceptors (Lipinski definition) is 4. The van der Waals surface area contributed by atoms with Crippen molar-refractivity contribution in [1.29, 1.82) is 0 Å². The van der Waals surface area contributed by atoms with Gasteiger partial charge in [0.1, 0.15) is 0 Å². The number of aliphatic hydroxyl groups is 1. The largest absolute Gasteiger partial charge is 0.469 e. The molecule has 1 rings (SSSR count). The fourth-order valence-electron chi connectivity index (χ4n) is 1.85. The zero-order valence-corrected chi connectivity index (χ0v) is 12.6. The van der Waals surface area contributed by atoms with Crippen molar-refractivity contribution in [3.05, 3.63) is 29.8 Å². The molecule has 1 atom stereocenters. The summed E-state index contributed by atoms with van der Waals surface area (Å²) in [5, 5.41) is 12.0. The Kier molecular flexibility index (Phi) is 7.46. The van der Waals surface area contributed by atoms with Gasteiger partial charge >= 0.3 is 5.97 Å².